The van der Waals surface area contributed by atoms with E-state index < -0.39 is 5.97 Å². The van der Waals surface area contributed by atoms with Crippen LogP contribution < -0.4 is 5.56 Å². The summed E-state index contributed by atoms with van der Waals surface area (Å²) >= 11 is 0. The monoisotopic (exact) mass is 536 g/mol. The van der Waals surface area contributed by atoms with Crippen molar-refractivity contribution in [3.63, 3.8) is 0 Å². The minimum Gasteiger partial charge on any atom is -0.461 e. The molecule has 0 N–H and O–H groups in total. The molecule has 0 amide bonds. The Morgan fingerprint density at radius 3 is 2.36 bits per heavy atom. The van der Waals surface area contributed by atoms with Crippen molar-refractivity contribution in [1.82, 2.24) is 14.5 Å². The van der Waals surface area contributed by atoms with E-state index in [9.17, 15) is 9.59 Å². The number of benzene rings is 1. The van der Waals surface area contributed by atoms with Crippen LogP contribution in [0.5, 0.6) is 0 Å². The Morgan fingerprint density at radius 2 is 1.69 bits per heavy atom. The van der Waals surface area contributed by atoms with Crippen LogP contribution in [0.15, 0.2) is 34.2 Å². The lowest BCUT2D eigenvalue weighted by Gasteiger charge is -2.54. The highest BCUT2D eigenvalue weighted by Crippen LogP contribution is 2.44. The van der Waals surface area contributed by atoms with Crippen molar-refractivity contribution in [2.75, 3.05) is 26.9 Å². The van der Waals surface area contributed by atoms with Crippen LogP contribution in [-0.2, 0) is 19.1 Å². The molecular formula is C30H40N4O5. The predicted octanol–water partition coefficient (Wildman–Crippen LogP) is 4.07. The summed E-state index contributed by atoms with van der Waals surface area (Å²) in [5, 5.41) is 3.87. The second kappa shape index (κ2) is 11.4. The third-order valence-electron chi connectivity index (χ3n) is 9.36. The number of carbonyl (C=O) groups excluding carboxylic acids is 1. The molecule has 1 aromatic heterocycles. The SMILES string of the molecule is CCOC(=O)/C(=N\OC)c1nc2ccccc2n([C@H]2C[C@H]3COC[C@@H](C2)N3C2CC3CCCCC(C3)C2)c1=O. The maximum atomic E-state index is 14.1. The molecule has 1 aromatic carbocycles. The van der Waals surface area contributed by atoms with Gasteiger partial charge in [0.05, 0.1) is 30.9 Å². The molecule has 3 heterocycles. The molecule has 210 valence electrons. The molecule has 9 nitrogen and oxygen atoms in total. The Morgan fingerprint density at radius 1 is 1.00 bits per heavy atom. The first kappa shape index (κ1) is 26.4. The number of hydrogen-bond acceptors (Lipinski definition) is 8. The molecule has 2 aliphatic carbocycles. The molecule has 9 heteroatoms. The first-order chi connectivity index (χ1) is 19.1. The number of esters is 1. The van der Waals surface area contributed by atoms with E-state index in [2.05, 4.69) is 15.0 Å². The van der Waals surface area contributed by atoms with Crippen molar-refractivity contribution in [2.24, 2.45) is 17.0 Å². The molecule has 2 saturated carbocycles. The van der Waals surface area contributed by atoms with Gasteiger partial charge in [0.2, 0.25) is 5.71 Å². The van der Waals surface area contributed by atoms with E-state index in [1.54, 1.807) is 6.92 Å². The Balaban J connectivity index is 1.36. The third-order valence-corrected chi connectivity index (χ3v) is 9.36. The van der Waals surface area contributed by atoms with E-state index in [1.807, 2.05) is 28.8 Å². The molecule has 4 aliphatic rings. The Kier molecular flexibility index (Phi) is 7.71. The fourth-order valence-corrected chi connectivity index (χ4v) is 7.97. The second-order valence-corrected chi connectivity index (χ2v) is 11.8. The Bertz CT molecular complexity index is 1260. The van der Waals surface area contributed by atoms with Gasteiger partial charge in [0.15, 0.2) is 5.69 Å². The molecule has 2 saturated heterocycles. The standard InChI is InChI=1S/C30H40N4O5/c1-3-39-30(36)28(32-37-2)27-29(35)34(26-11-7-6-10-25(26)31-27)22-15-23-17-38-18-24(16-22)33(23)21-13-19-8-4-5-9-20(12-19)14-21/h6-7,10-11,19-24H,3-5,8-9,12-18H2,1-2H3/b32-28-/t19?,20?,21?,22-,23-,24+. The zero-order chi connectivity index (χ0) is 26.9. The first-order valence-electron chi connectivity index (χ1n) is 14.7. The summed E-state index contributed by atoms with van der Waals surface area (Å²) in [7, 11) is 1.34. The number of hydrogen-bond donors (Lipinski definition) is 0. The maximum Gasteiger partial charge on any atom is 0.362 e. The van der Waals surface area contributed by atoms with E-state index in [1.165, 1.54) is 52.1 Å². The molecule has 6 rings (SSSR count). The van der Waals surface area contributed by atoms with Crippen molar-refractivity contribution in [1.29, 1.82) is 0 Å². The van der Waals surface area contributed by atoms with E-state index in [0.29, 0.717) is 24.8 Å². The van der Waals surface area contributed by atoms with Crippen LogP contribution in [0.2, 0.25) is 0 Å². The van der Waals surface area contributed by atoms with Crippen molar-refractivity contribution < 1.29 is 19.1 Å². The van der Waals surface area contributed by atoms with Gasteiger partial charge in [0.25, 0.3) is 5.56 Å². The number of oxime groups is 1. The zero-order valence-electron chi connectivity index (χ0n) is 23.1. The van der Waals surface area contributed by atoms with Crippen molar-refractivity contribution in [3.05, 3.63) is 40.3 Å². The number of rotatable bonds is 6. The molecule has 2 unspecified atom stereocenters. The van der Waals surface area contributed by atoms with Gasteiger partial charge in [-0.3, -0.25) is 9.69 Å². The lowest BCUT2D eigenvalue weighted by molar-refractivity contribution is -0.135. The number of nitrogens with zero attached hydrogens (tertiary/aromatic N) is 4. The van der Waals surface area contributed by atoms with Crippen LogP contribution in [0.3, 0.4) is 0 Å². The lowest BCUT2D eigenvalue weighted by atomic mass is 9.75. The molecule has 4 fully saturated rings. The summed E-state index contributed by atoms with van der Waals surface area (Å²) in [4.78, 5) is 39.1. The van der Waals surface area contributed by atoms with Crippen molar-refractivity contribution in [3.8, 4) is 0 Å². The average Bonchev–Trinajstić information content (AvgIpc) is 3.10. The highest BCUT2D eigenvalue weighted by molar-refractivity contribution is 6.42. The number of ether oxygens (including phenoxy) is 2. The smallest absolute Gasteiger partial charge is 0.362 e. The topological polar surface area (TPSA) is 95.2 Å². The molecule has 2 aliphatic heterocycles. The number of piperidine rings is 1. The lowest BCUT2D eigenvalue weighted by Crippen LogP contribution is -2.62. The fourth-order valence-electron chi connectivity index (χ4n) is 7.97. The van der Waals surface area contributed by atoms with Gasteiger partial charge in [0, 0.05) is 24.2 Å². The minimum atomic E-state index is -0.718. The second-order valence-electron chi connectivity index (χ2n) is 11.8. The molecule has 2 aromatic rings. The predicted molar refractivity (Wildman–Crippen MR) is 148 cm³/mol. The van der Waals surface area contributed by atoms with Gasteiger partial charge in [-0.05, 0) is 63.0 Å². The average molecular weight is 537 g/mol. The number of carbonyl (C=O) groups is 1. The summed E-state index contributed by atoms with van der Waals surface area (Å²) in [6.45, 7) is 3.27. The molecular weight excluding hydrogens is 496 g/mol. The fraction of sp³-hybridized carbons (Fsp3) is 0.667. The van der Waals surface area contributed by atoms with E-state index in [4.69, 9.17) is 14.3 Å². The number of para-hydroxylation sites is 2. The van der Waals surface area contributed by atoms with Gasteiger partial charge in [-0.2, -0.15) is 0 Å². The van der Waals surface area contributed by atoms with Crippen LogP contribution in [0, 0.1) is 11.8 Å². The number of aromatic nitrogens is 2. The minimum absolute atomic E-state index is 0.0313. The van der Waals surface area contributed by atoms with Gasteiger partial charge < -0.3 is 18.9 Å². The van der Waals surface area contributed by atoms with E-state index in [-0.39, 0.29) is 41.7 Å². The highest BCUT2D eigenvalue weighted by Gasteiger charge is 2.46. The zero-order valence-corrected chi connectivity index (χ0v) is 23.1. The van der Waals surface area contributed by atoms with Crippen LogP contribution >= 0.6 is 0 Å². The summed E-state index contributed by atoms with van der Waals surface area (Å²) in [6, 6.07) is 8.74. The van der Waals surface area contributed by atoms with Crippen LogP contribution in [0.1, 0.15) is 76.4 Å². The van der Waals surface area contributed by atoms with Gasteiger partial charge in [-0.1, -0.05) is 43.0 Å². The van der Waals surface area contributed by atoms with Crippen molar-refractivity contribution in [2.45, 2.75) is 88.9 Å². The van der Waals surface area contributed by atoms with Crippen LogP contribution in [-0.4, -0.2) is 71.2 Å². The Labute approximate surface area is 229 Å². The van der Waals surface area contributed by atoms with Crippen LogP contribution in [0.4, 0.5) is 0 Å². The highest BCUT2D eigenvalue weighted by atomic mass is 16.6. The Hall–Kier alpha value is -2.78. The molecule has 39 heavy (non-hydrogen) atoms. The van der Waals surface area contributed by atoms with E-state index >= 15 is 0 Å². The van der Waals surface area contributed by atoms with Gasteiger partial charge in [-0.15, -0.1) is 0 Å². The number of fused-ring (bicyclic) bond motifs is 5. The quantitative estimate of drug-likeness (QED) is 0.312. The molecule has 5 atom stereocenters. The first-order valence-corrected chi connectivity index (χ1v) is 14.7. The molecule has 0 radical (unpaired) electrons. The molecule has 0 spiro atoms. The van der Waals surface area contributed by atoms with Crippen LogP contribution in [0.25, 0.3) is 11.0 Å². The molecule has 4 bridgehead atoms. The third kappa shape index (κ3) is 5.11. The largest absolute Gasteiger partial charge is 0.461 e. The number of morpholine rings is 1. The summed E-state index contributed by atoms with van der Waals surface area (Å²) in [5.74, 6) is 0.988. The van der Waals surface area contributed by atoms with Crippen molar-refractivity contribution >= 4 is 22.7 Å². The summed E-state index contributed by atoms with van der Waals surface area (Å²) in [6.07, 6.45) is 11.2. The summed E-state index contributed by atoms with van der Waals surface area (Å²) < 4.78 is 13.1. The maximum absolute atomic E-state index is 14.1. The van der Waals surface area contributed by atoms with Gasteiger partial charge >= 0.3 is 5.97 Å². The normalized spacial score (nSPS) is 31.5. The van der Waals surface area contributed by atoms with Gasteiger partial charge in [0.1, 0.15) is 7.11 Å². The van der Waals surface area contributed by atoms with Gasteiger partial charge in [-0.25, -0.2) is 9.78 Å². The summed E-state index contributed by atoms with van der Waals surface area (Å²) in [5.41, 5.74) is 0.843. The van der Waals surface area contributed by atoms with E-state index in [0.717, 1.165) is 30.2 Å².